The number of fused-ring (bicyclic) bond motifs is 1. The Kier molecular flexibility index (Phi) is 7.08. The van der Waals surface area contributed by atoms with Gasteiger partial charge >= 0.3 is 0 Å². The molecular weight excluding hydrogens is 575 g/mol. The summed E-state index contributed by atoms with van der Waals surface area (Å²) < 4.78 is 1.78. The normalized spacial score (nSPS) is 11.0. The van der Waals surface area contributed by atoms with Crippen molar-refractivity contribution in [2.24, 2.45) is 0 Å². The number of benzene rings is 4. The largest absolute Gasteiger partial charge is 0.300 e. The first-order chi connectivity index (χ1) is 21.2. The van der Waals surface area contributed by atoms with Crippen LogP contribution < -0.4 is 5.56 Å². The van der Waals surface area contributed by atoms with Crippen LogP contribution in [-0.4, -0.2) is 29.8 Å². The Morgan fingerprint density at radius 2 is 1.40 bits per heavy atom. The number of rotatable bonds is 7. The molecule has 0 saturated carbocycles. The molecule has 0 atom stereocenters. The summed E-state index contributed by atoms with van der Waals surface area (Å²) in [6.07, 6.45) is 0. The molecule has 0 amide bonds. The van der Waals surface area contributed by atoms with E-state index in [0.29, 0.717) is 28.0 Å². The van der Waals surface area contributed by atoms with E-state index in [1.54, 1.807) is 4.52 Å². The van der Waals surface area contributed by atoms with Gasteiger partial charge in [0.05, 0.1) is 5.69 Å². The molecule has 0 radical (unpaired) electrons. The number of aromatic amines is 1. The average Bonchev–Trinajstić information content (AvgIpc) is 3.66. The lowest BCUT2D eigenvalue weighted by molar-refractivity contribution is 0.934. The van der Waals surface area contributed by atoms with Gasteiger partial charge in [0.1, 0.15) is 16.6 Å². The first kappa shape index (κ1) is 26.5. The van der Waals surface area contributed by atoms with Gasteiger partial charge in [0.2, 0.25) is 4.96 Å². The highest BCUT2D eigenvalue weighted by Gasteiger charge is 2.16. The summed E-state index contributed by atoms with van der Waals surface area (Å²) in [5, 5.41) is 24.3. The number of nitrogens with zero attached hydrogens (tertiary/aromatic N) is 6. The highest BCUT2D eigenvalue weighted by atomic mass is 32.2. The molecule has 0 spiro atoms. The van der Waals surface area contributed by atoms with Crippen molar-refractivity contribution in [3.8, 4) is 50.4 Å². The molecule has 0 fully saturated rings. The Morgan fingerprint density at radius 1 is 0.767 bits per heavy atom. The van der Waals surface area contributed by atoms with Gasteiger partial charge in [-0.3, -0.25) is 4.79 Å². The number of hydrogen-bond acceptors (Lipinski definition) is 8. The third kappa shape index (κ3) is 5.35. The Balaban J connectivity index is 1.09. The van der Waals surface area contributed by atoms with Gasteiger partial charge in [-0.15, -0.1) is 10.2 Å². The summed E-state index contributed by atoms with van der Waals surface area (Å²) in [5.74, 6) is 1.30. The lowest BCUT2D eigenvalue weighted by Gasteiger charge is -2.08. The standard InChI is InChI=1S/C33H21N7OS2/c34-19-27-28(24-17-15-23(16-18-24)22-7-3-1-4-8-22)35-32(36-30(27)41)42-20-21-11-13-26(14-12-21)31-39-40-29(37-38-33(40)43-31)25-9-5-2-6-10-25/h1-18H,20H2,(H,35,36,41). The van der Waals surface area contributed by atoms with Crippen molar-refractivity contribution in [1.29, 1.82) is 5.26 Å². The number of nitriles is 1. The van der Waals surface area contributed by atoms with Crippen LogP contribution in [0.3, 0.4) is 0 Å². The minimum atomic E-state index is -0.448. The zero-order chi connectivity index (χ0) is 29.2. The molecule has 7 aromatic rings. The maximum absolute atomic E-state index is 12.8. The Bertz CT molecular complexity index is 2150. The van der Waals surface area contributed by atoms with Crippen LogP contribution in [0, 0.1) is 11.3 Å². The van der Waals surface area contributed by atoms with Crippen molar-refractivity contribution >= 4 is 28.1 Å². The van der Waals surface area contributed by atoms with E-state index in [4.69, 9.17) is 5.10 Å². The molecule has 3 heterocycles. The van der Waals surface area contributed by atoms with Gasteiger partial charge < -0.3 is 4.98 Å². The van der Waals surface area contributed by atoms with E-state index < -0.39 is 5.56 Å². The molecule has 0 aliphatic rings. The minimum absolute atomic E-state index is 0.00146. The van der Waals surface area contributed by atoms with Crippen LogP contribution in [0.5, 0.6) is 0 Å². The Labute approximate surface area is 254 Å². The highest BCUT2D eigenvalue weighted by molar-refractivity contribution is 7.98. The zero-order valence-corrected chi connectivity index (χ0v) is 24.1. The molecule has 43 heavy (non-hydrogen) atoms. The molecule has 0 saturated heterocycles. The molecule has 4 aromatic carbocycles. The van der Waals surface area contributed by atoms with Crippen LogP contribution in [0.2, 0.25) is 0 Å². The van der Waals surface area contributed by atoms with Crippen molar-refractivity contribution in [3.05, 3.63) is 131 Å². The van der Waals surface area contributed by atoms with Crippen molar-refractivity contribution < 1.29 is 0 Å². The van der Waals surface area contributed by atoms with E-state index in [0.717, 1.165) is 37.8 Å². The van der Waals surface area contributed by atoms with Crippen LogP contribution in [-0.2, 0) is 5.75 Å². The molecule has 206 valence electrons. The van der Waals surface area contributed by atoms with Gasteiger partial charge in [-0.25, -0.2) is 4.98 Å². The van der Waals surface area contributed by atoms with Crippen LogP contribution >= 0.6 is 23.1 Å². The van der Waals surface area contributed by atoms with Gasteiger partial charge in [0, 0.05) is 22.4 Å². The van der Waals surface area contributed by atoms with Crippen LogP contribution in [0.4, 0.5) is 0 Å². The predicted molar refractivity (Wildman–Crippen MR) is 170 cm³/mol. The molecule has 1 N–H and O–H groups in total. The van der Waals surface area contributed by atoms with Gasteiger partial charge in [0.15, 0.2) is 11.0 Å². The van der Waals surface area contributed by atoms with E-state index in [2.05, 4.69) is 20.2 Å². The zero-order valence-electron chi connectivity index (χ0n) is 22.5. The first-order valence-electron chi connectivity index (χ1n) is 13.4. The minimum Gasteiger partial charge on any atom is -0.300 e. The second kappa shape index (κ2) is 11.5. The van der Waals surface area contributed by atoms with Crippen molar-refractivity contribution in [2.75, 3.05) is 0 Å². The number of H-pyrrole nitrogens is 1. The second-order valence-electron chi connectivity index (χ2n) is 9.63. The summed E-state index contributed by atoms with van der Waals surface area (Å²) in [6.45, 7) is 0. The lowest BCUT2D eigenvalue weighted by Crippen LogP contribution is -2.14. The maximum Gasteiger partial charge on any atom is 0.270 e. The van der Waals surface area contributed by atoms with E-state index in [1.807, 2.05) is 115 Å². The molecule has 7 rings (SSSR count). The molecule has 10 heteroatoms. The summed E-state index contributed by atoms with van der Waals surface area (Å²) in [4.78, 5) is 20.9. The third-order valence-electron chi connectivity index (χ3n) is 6.87. The topological polar surface area (TPSA) is 113 Å². The Morgan fingerprint density at radius 3 is 2.09 bits per heavy atom. The highest BCUT2D eigenvalue weighted by Crippen LogP contribution is 2.30. The fourth-order valence-corrected chi connectivity index (χ4v) is 6.34. The average molecular weight is 596 g/mol. The molecular formula is C33H21N7OS2. The lowest BCUT2D eigenvalue weighted by atomic mass is 10.0. The van der Waals surface area contributed by atoms with Crippen LogP contribution in [0.15, 0.2) is 119 Å². The number of nitrogens with one attached hydrogen (secondary N) is 1. The van der Waals surface area contributed by atoms with Gasteiger partial charge in [-0.2, -0.15) is 14.9 Å². The predicted octanol–water partition coefficient (Wildman–Crippen LogP) is 7.10. The van der Waals surface area contributed by atoms with E-state index >= 15 is 0 Å². The fourth-order valence-electron chi connectivity index (χ4n) is 4.68. The fraction of sp³-hybridized carbons (Fsp3) is 0.0303. The van der Waals surface area contributed by atoms with E-state index in [1.165, 1.54) is 23.1 Å². The van der Waals surface area contributed by atoms with Crippen molar-refractivity contribution in [3.63, 3.8) is 0 Å². The third-order valence-corrected chi connectivity index (χ3v) is 8.77. The van der Waals surface area contributed by atoms with Gasteiger partial charge in [-0.05, 0) is 16.7 Å². The number of thioether (sulfide) groups is 1. The molecule has 8 nitrogen and oxygen atoms in total. The smallest absolute Gasteiger partial charge is 0.270 e. The molecule has 0 unspecified atom stereocenters. The summed E-state index contributed by atoms with van der Waals surface area (Å²) in [5.41, 5.74) is 5.78. The van der Waals surface area contributed by atoms with Crippen molar-refractivity contribution in [2.45, 2.75) is 10.9 Å². The van der Waals surface area contributed by atoms with Crippen LogP contribution in [0.1, 0.15) is 11.1 Å². The monoisotopic (exact) mass is 595 g/mol. The summed E-state index contributed by atoms with van der Waals surface area (Å²) >= 11 is 2.89. The molecule has 0 aliphatic heterocycles. The first-order valence-corrected chi connectivity index (χ1v) is 15.2. The molecule has 3 aromatic heterocycles. The molecule has 0 aliphatic carbocycles. The van der Waals surface area contributed by atoms with Crippen molar-refractivity contribution in [1.82, 2.24) is 29.8 Å². The summed E-state index contributed by atoms with van der Waals surface area (Å²) in [7, 11) is 0. The number of aromatic nitrogens is 6. The van der Waals surface area contributed by atoms with E-state index in [9.17, 15) is 10.1 Å². The van der Waals surface area contributed by atoms with Gasteiger partial charge in [0.25, 0.3) is 5.56 Å². The molecule has 0 bridgehead atoms. The number of hydrogen-bond donors (Lipinski definition) is 1. The SMILES string of the molecule is N#Cc1c(-c2ccc(-c3ccccc3)cc2)nc(SCc2ccc(-c3nn4c(-c5ccccc5)nnc4s3)cc2)[nH]c1=O. The quantitative estimate of drug-likeness (QED) is 0.154. The Hall–Kier alpha value is -5.37. The second-order valence-corrected chi connectivity index (χ2v) is 11.5. The van der Waals surface area contributed by atoms with Crippen LogP contribution in [0.25, 0.3) is 49.3 Å². The van der Waals surface area contributed by atoms with E-state index in [-0.39, 0.29) is 5.56 Å². The maximum atomic E-state index is 12.8. The van der Waals surface area contributed by atoms with Gasteiger partial charge in [-0.1, -0.05) is 132 Å². The summed E-state index contributed by atoms with van der Waals surface area (Å²) in [6, 6.07) is 37.8.